The highest BCUT2D eigenvalue weighted by Gasteiger charge is 2.29. The summed E-state index contributed by atoms with van der Waals surface area (Å²) < 4.78 is 38.2. The number of ether oxygens (including phenoxy) is 2. The molecule has 0 saturated carbocycles. The van der Waals surface area contributed by atoms with Crippen molar-refractivity contribution in [2.45, 2.75) is 25.2 Å². The molecule has 0 spiro atoms. The standard InChI is InChI=1S/C28H31N3O6S/c1-5-30(38(34,35)26-16-19(2)6-13-25(26)37-4)18-27(32)29-22-10-7-20-14-15-31(24(20)17-22)28(33)21-8-11-23(36-3)12-9-21/h6-13,16-17H,5,14-15,18H2,1-4H3,(H,29,32). The Bertz CT molecular complexity index is 1450. The molecule has 3 aromatic rings. The van der Waals surface area contributed by atoms with Gasteiger partial charge in [0.1, 0.15) is 16.4 Å². The van der Waals surface area contributed by atoms with Crippen LogP contribution in [0.1, 0.15) is 28.4 Å². The van der Waals surface area contributed by atoms with E-state index in [-0.39, 0.29) is 29.6 Å². The van der Waals surface area contributed by atoms with Gasteiger partial charge in [-0.2, -0.15) is 4.31 Å². The highest BCUT2D eigenvalue weighted by Crippen LogP contribution is 2.33. The van der Waals surface area contributed by atoms with Crippen molar-refractivity contribution in [2.24, 2.45) is 0 Å². The number of hydrogen-bond acceptors (Lipinski definition) is 6. The van der Waals surface area contributed by atoms with E-state index >= 15 is 0 Å². The number of nitrogens with zero attached hydrogens (tertiary/aromatic N) is 2. The van der Waals surface area contributed by atoms with Crippen molar-refractivity contribution >= 4 is 33.2 Å². The first-order chi connectivity index (χ1) is 18.2. The number of aryl methyl sites for hydroxylation is 1. The summed E-state index contributed by atoms with van der Waals surface area (Å²) >= 11 is 0. The zero-order valence-electron chi connectivity index (χ0n) is 21.9. The van der Waals surface area contributed by atoms with Crippen LogP contribution in [0.15, 0.2) is 65.6 Å². The summed E-state index contributed by atoms with van der Waals surface area (Å²) in [5.74, 6) is 0.241. The van der Waals surface area contributed by atoms with Crippen molar-refractivity contribution < 1.29 is 27.5 Å². The molecule has 10 heteroatoms. The lowest BCUT2D eigenvalue weighted by molar-refractivity contribution is -0.116. The molecule has 1 aliphatic rings. The van der Waals surface area contributed by atoms with Gasteiger partial charge in [-0.3, -0.25) is 9.59 Å². The topological polar surface area (TPSA) is 105 Å². The third kappa shape index (κ3) is 5.51. The number of methoxy groups -OCH3 is 2. The van der Waals surface area contributed by atoms with Crippen LogP contribution in [0, 0.1) is 6.92 Å². The lowest BCUT2D eigenvalue weighted by Gasteiger charge is -2.22. The van der Waals surface area contributed by atoms with Gasteiger partial charge >= 0.3 is 0 Å². The van der Waals surface area contributed by atoms with Crippen LogP contribution >= 0.6 is 0 Å². The second-order valence-corrected chi connectivity index (χ2v) is 10.8. The summed E-state index contributed by atoms with van der Waals surface area (Å²) in [6.45, 7) is 3.71. The molecule has 38 heavy (non-hydrogen) atoms. The molecule has 0 aromatic heterocycles. The van der Waals surface area contributed by atoms with E-state index in [4.69, 9.17) is 9.47 Å². The summed E-state index contributed by atoms with van der Waals surface area (Å²) in [5, 5.41) is 2.78. The summed E-state index contributed by atoms with van der Waals surface area (Å²) in [5.41, 5.74) is 3.48. The van der Waals surface area contributed by atoms with Crippen molar-refractivity contribution in [3.8, 4) is 11.5 Å². The monoisotopic (exact) mass is 537 g/mol. The van der Waals surface area contributed by atoms with Gasteiger partial charge in [-0.25, -0.2) is 8.42 Å². The molecule has 0 atom stereocenters. The Morgan fingerprint density at radius 2 is 1.74 bits per heavy atom. The third-order valence-electron chi connectivity index (χ3n) is 6.46. The predicted molar refractivity (Wildman–Crippen MR) is 146 cm³/mol. The fourth-order valence-electron chi connectivity index (χ4n) is 4.41. The number of anilines is 2. The number of nitrogens with one attached hydrogen (secondary N) is 1. The Kier molecular flexibility index (Phi) is 8.03. The molecule has 0 radical (unpaired) electrons. The lowest BCUT2D eigenvalue weighted by Crippen LogP contribution is -2.38. The number of likely N-dealkylation sites (N-methyl/N-ethyl adjacent to an activating group) is 1. The van der Waals surface area contributed by atoms with Gasteiger partial charge in [-0.15, -0.1) is 0 Å². The van der Waals surface area contributed by atoms with Crippen LogP contribution in [0.2, 0.25) is 0 Å². The number of fused-ring (bicyclic) bond motifs is 1. The highest BCUT2D eigenvalue weighted by molar-refractivity contribution is 7.89. The number of hydrogen-bond donors (Lipinski definition) is 1. The fraction of sp³-hybridized carbons (Fsp3) is 0.286. The van der Waals surface area contributed by atoms with Gasteiger partial charge in [0.05, 0.1) is 20.8 Å². The summed E-state index contributed by atoms with van der Waals surface area (Å²) in [7, 11) is -1.01. The van der Waals surface area contributed by atoms with Crippen molar-refractivity contribution in [3.05, 3.63) is 77.4 Å². The minimum absolute atomic E-state index is 0.0138. The molecule has 3 aromatic carbocycles. The molecule has 1 aliphatic heterocycles. The molecule has 2 amide bonds. The minimum Gasteiger partial charge on any atom is -0.497 e. The van der Waals surface area contributed by atoms with Crippen LogP contribution in [0.4, 0.5) is 11.4 Å². The van der Waals surface area contributed by atoms with Gasteiger partial charge in [0.25, 0.3) is 5.91 Å². The minimum atomic E-state index is -3.98. The van der Waals surface area contributed by atoms with Crippen LogP contribution in [-0.4, -0.2) is 58.4 Å². The third-order valence-corrected chi connectivity index (χ3v) is 8.40. The Labute approximate surface area is 223 Å². The molecule has 4 rings (SSSR count). The van der Waals surface area contributed by atoms with Gasteiger partial charge in [-0.05, 0) is 73.0 Å². The molecule has 9 nitrogen and oxygen atoms in total. The summed E-state index contributed by atoms with van der Waals surface area (Å²) in [4.78, 5) is 27.8. The smallest absolute Gasteiger partial charge is 0.258 e. The van der Waals surface area contributed by atoms with E-state index in [1.807, 2.05) is 6.07 Å². The Morgan fingerprint density at radius 3 is 2.39 bits per heavy atom. The molecule has 0 unspecified atom stereocenters. The van der Waals surface area contributed by atoms with Crippen LogP contribution in [0.25, 0.3) is 0 Å². The lowest BCUT2D eigenvalue weighted by atomic mass is 10.1. The first kappa shape index (κ1) is 27.2. The largest absolute Gasteiger partial charge is 0.497 e. The van der Waals surface area contributed by atoms with Crippen molar-refractivity contribution in [2.75, 3.05) is 44.1 Å². The molecule has 0 fully saturated rings. The quantitative estimate of drug-likeness (QED) is 0.444. The van der Waals surface area contributed by atoms with Crippen LogP contribution in [-0.2, 0) is 21.2 Å². The molecular formula is C28H31N3O6S. The van der Waals surface area contributed by atoms with Crippen molar-refractivity contribution in [1.82, 2.24) is 4.31 Å². The zero-order chi connectivity index (χ0) is 27.4. The van der Waals surface area contributed by atoms with Crippen LogP contribution < -0.4 is 19.7 Å². The molecule has 0 aliphatic carbocycles. The molecular weight excluding hydrogens is 506 g/mol. The second kappa shape index (κ2) is 11.2. The van der Waals surface area contributed by atoms with Gasteiger partial charge in [0.2, 0.25) is 15.9 Å². The Hall–Kier alpha value is -3.89. The highest BCUT2D eigenvalue weighted by atomic mass is 32.2. The van der Waals surface area contributed by atoms with E-state index in [1.165, 1.54) is 13.2 Å². The second-order valence-electron chi connectivity index (χ2n) is 8.91. The fourth-order valence-corrected chi connectivity index (χ4v) is 6.06. The Morgan fingerprint density at radius 1 is 1.00 bits per heavy atom. The van der Waals surface area contributed by atoms with Gasteiger partial charge in [0, 0.05) is 30.0 Å². The first-order valence-electron chi connectivity index (χ1n) is 12.2. The van der Waals surface area contributed by atoms with E-state index < -0.39 is 15.9 Å². The molecule has 200 valence electrons. The predicted octanol–water partition coefficient (Wildman–Crippen LogP) is 3.86. The average molecular weight is 538 g/mol. The molecule has 0 saturated heterocycles. The molecule has 1 heterocycles. The first-order valence-corrected chi connectivity index (χ1v) is 13.7. The summed E-state index contributed by atoms with van der Waals surface area (Å²) in [6.07, 6.45) is 0.700. The van der Waals surface area contributed by atoms with Gasteiger partial charge in [-0.1, -0.05) is 19.1 Å². The SMILES string of the molecule is CCN(CC(=O)Nc1ccc2c(c1)N(C(=O)c1ccc(OC)cc1)CC2)S(=O)(=O)c1cc(C)ccc1OC. The van der Waals surface area contributed by atoms with Gasteiger partial charge < -0.3 is 19.7 Å². The number of amides is 2. The number of rotatable bonds is 9. The Balaban J connectivity index is 1.50. The van der Waals surface area contributed by atoms with E-state index in [0.717, 1.165) is 15.4 Å². The maximum absolute atomic E-state index is 13.3. The van der Waals surface area contributed by atoms with Crippen LogP contribution in [0.3, 0.4) is 0 Å². The van der Waals surface area contributed by atoms with E-state index in [2.05, 4.69) is 5.32 Å². The maximum atomic E-state index is 13.3. The number of carbonyl (C=O) groups is 2. The van der Waals surface area contributed by atoms with Crippen molar-refractivity contribution in [3.63, 3.8) is 0 Å². The summed E-state index contributed by atoms with van der Waals surface area (Å²) in [6, 6.07) is 17.2. The molecule has 1 N–H and O–H groups in total. The number of sulfonamides is 1. The van der Waals surface area contributed by atoms with E-state index in [1.54, 1.807) is 74.4 Å². The average Bonchev–Trinajstić information content (AvgIpc) is 3.34. The number of carbonyl (C=O) groups excluding carboxylic acids is 2. The zero-order valence-corrected chi connectivity index (χ0v) is 22.7. The van der Waals surface area contributed by atoms with E-state index in [0.29, 0.717) is 35.7 Å². The number of benzene rings is 3. The normalized spacial score (nSPS) is 12.8. The van der Waals surface area contributed by atoms with Gasteiger partial charge in [0.15, 0.2) is 0 Å². The van der Waals surface area contributed by atoms with Crippen LogP contribution in [0.5, 0.6) is 11.5 Å². The van der Waals surface area contributed by atoms with Crippen molar-refractivity contribution in [1.29, 1.82) is 0 Å². The molecule has 0 bridgehead atoms. The van der Waals surface area contributed by atoms with E-state index in [9.17, 15) is 18.0 Å². The maximum Gasteiger partial charge on any atom is 0.258 e.